The van der Waals surface area contributed by atoms with Gasteiger partial charge >= 0.3 is 0 Å². The lowest BCUT2D eigenvalue weighted by atomic mass is 9.97. The van der Waals surface area contributed by atoms with Gasteiger partial charge in [-0.3, -0.25) is 0 Å². The molecule has 0 aliphatic carbocycles. The average molecular weight is 575 g/mol. The van der Waals surface area contributed by atoms with Crippen LogP contribution in [0.25, 0.3) is 11.3 Å². The van der Waals surface area contributed by atoms with Crippen LogP contribution in [0.4, 0.5) is 8.78 Å². The highest BCUT2D eigenvalue weighted by atomic mass is 79.9. The molecule has 1 saturated heterocycles. The van der Waals surface area contributed by atoms with Crippen molar-refractivity contribution in [2.24, 2.45) is 0 Å². The van der Waals surface area contributed by atoms with Gasteiger partial charge in [0.15, 0.2) is 5.69 Å². The molecule has 0 spiro atoms. The van der Waals surface area contributed by atoms with E-state index < -0.39 is 53.1 Å². The van der Waals surface area contributed by atoms with Gasteiger partial charge < -0.3 is 20.1 Å². The second-order valence-electron chi connectivity index (χ2n) is 7.26. The van der Waals surface area contributed by atoms with E-state index in [4.69, 9.17) is 16.3 Å². The molecule has 178 valence electrons. The van der Waals surface area contributed by atoms with E-state index in [1.54, 1.807) is 6.07 Å². The molecule has 0 bridgehead atoms. The van der Waals surface area contributed by atoms with Gasteiger partial charge in [0, 0.05) is 21.1 Å². The lowest BCUT2D eigenvalue weighted by Gasteiger charge is -2.41. The highest BCUT2D eigenvalue weighted by Crippen LogP contribution is 2.39. The number of aliphatic hydroxyl groups is 3. The summed E-state index contributed by atoms with van der Waals surface area (Å²) in [6.07, 6.45) is -1.15. The summed E-state index contributed by atoms with van der Waals surface area (Å²) in [6, 6.07) is 4.40. The number of rotatable bonds is 5. The van der Waals surface area contributed by atoms with E-state index in [1.807, 2.05) is 6.07 Å². The first kappa shape index (κ1) is 24.9. The van der Waals surface area contributed by atoms with E-state index in [0.29, 0.717) is 9.37 Å². The zero-order valence-electron chi connectivity index (χ0n) is 16.9. The molecule has 4 unspecified atom stereocenters. The third-order valence-corrected chi connectivity index (χ3v) is 7.09. The van der Waals surface area contributed by atoms with Gasteiger partial charge in [0.2, 0.25) is 0 Å². The molecule has 1 aromatic carbocycles. The molecule has 3 heterocycles. The van der Waals surface area contributed by atoms with Crippen LogP contribution in [0.15, 0.2) is 40.0 Å². The van der Waals surface area contributed by atoms with Gasteiger partial charge in [-0.2, -0.15) is 5.26 Å². The summed E-state index contributed by atoms with van der Waals surface area (Å²) in [5.74, 6) is -1.96. The van der Waals surface area contributed by atoms with Crippen molar-refractivity contribution in [2.45, 2.75) is 34.7 Å². The SMILES string of the molecule is N#Cc1ncc(Br)cc1SC1OC(CO)C(O)C(n2cc(-c3cc(F)c(Cl)c(F)c3)nn2)[C@@H]1O. The van der Waals surface area contributed by atoms with Gasteiger partial charge in [0.05, 0.1) is 12.8 Å². The number of halogens is 4. The lowest BCUT2D eigenvalue weighted by Crippen LogP contribution is -2.55. The minimum absolute atomic E-state index is 0.0465. The molecule has 3 N–H and O–H groups in total. The van der Waals surface area contributed by atoms with Crippen molar-refractivity contribution in [3.05, 3.63) is 57.4 Å². The summed E-state index contributed by atoms with van der Waals surface area (Å²) in [5.41, 5.74) is -0.827. The van der Waals surface area contributed by atoms with Crippen LogP contribution in [0.2, 0.25) is 5.02 Å². The first-order chi connectivity index (χ1) is 16.2. The lowest BCUT2D eigenvalue weighted by molar-refractivity contribution is -0.178. The fraction of sp³-hybridized carbons (Fsp3) is 0.300. The van der Waals surface area contributed by atoms with Crippen LogP contribution in [0.3, 0.4) is 0 Å². The molecule has 14 heteroatoms. The summed E-state index contributed by atoms with van der Waals surface area (Å²) in [5, 5.41) is 48.0. The number of nitriles is 1. The van der Waals surface area contributed by atoms with Crippen molar-refractivity contribution in [1.82, 2.24) is 20.0 Å². The summed E-state index contributed by atoms with van der Waals surface area (Å²) in [4.78, 5) is 4.41. The van der Waals surface area contributed by atoms with E-state index in [1.165, 1.54) is 12.4 Å². The highest BCUT2D eigenvalue weighted by Gasteiger charge is 2.46. The molecule has 5 atom stereocenters. The Kier molecular flexibility index (Phi) is 7.48. The van der Waals surface area contributed by atoms with Crippen molar-refractivity contribution >= 4 is 39.3 Å². The first-order valence-electron chi connectivity index (χ1n) is 9.65. The normalized spacial score (nSPS) is 24.7. The second kappa shape index (κ2) is 10.2. The maximum atomic E-state index is 13.9. The van der Waals surface area contributed by atoms with Gasteiger partial charge in [-0.25, -0.2) is 18.4 Å². The maximum Gasteiger partial charge on any atom is 0.154 e. The topological polar surface area (TPSA) is 137 Å². The van der Waals surface area contributed by atoms with Crippen molar-refractivity contribution in [1.29, 1.82) is 5.26 Å². The molecule has 1 aliphatic rings. The molecule has 9 nitrogen and oxygen atoms in total. The highest BCUT2D eigenvalue weighted by molar-refractivity contribution is 9.10. The van der Waals surface area contributed by atoms with Gasteiger partial charge in [-0.1, -0.05) is 28.6 Å². The van der Waals surface area contributed by atoms with E-state index >= 15 is 0 Å². The van der Waals surface area contributed by atoms with E-state index in [2.05, 4.69) is 31.2 Å². The minimum atomic E-state index is -1.40. The Morgan fingerprint density at radius 1 is 1.24 bits per heavy atom. The molecular formula is C20H15BrClF2N5O4S. The molecule has 0 saturated carbocycles. The van der Waals surface area contributed by atoms with Gasteiger partial charge in [0.1, 0.15) is 58.2 Å². The first-order valence-corrected chi connectivity index (χ1v) is 11.7. The summed E-state index contributed by atoms with van der Waals surface area (Å²) < 4.78 is 35.2. The number of pyridine rings is 1. The fourth-order valence-electron chi connectivity index (χ4n) is 3.46. The molecule has 0 radical (unpaired) electrons. The number of ether oxygens (including phenoxy) is 1. The molecule has 2 aromatic heterocycles. The summed E-state index contributed by atoms with van der Waals surface area (Å²) >= 11 is 9.78. The zero-order chi connectivity index (χ0) is 24.6. The van der Waals surface area contributed by atoms with Gasteiger partial charge in [-0.05, 0) is 34.1 Å². The number of thioether (sulfide) groups is 1. The second-order valence-corrected chi connectivity index (χ2v) is 9.70. The van der Waals surface area contributed by atoms with Crippen LogP contribution in [0.5, 0.6) is 0 Å². The molecule has 1 fully saturated rings. The standard InChI is InChI=1S/C20H15BrClF2N5O4S/c21-9-3-15(12(4-25)26-5-9)34-20-19(32)17(18(31)14(7-30)33-20)29-6-13(27-28-29)8-1-10(23)16(22)11(24)2-8/h1-3,5-6,14,17-20,30-32H,7H2/t14?,17?,18?,19-,20?/m0/s1. The molecule has 4 rings (SSSR count). The number of hydrogen-bond donors (Lipinski definition) is 3. The molecule has 1 aliphatic heterocycles. The zero-order valence-corrected chi connectivity index (χ0v) is 20.0. The Balaban J connectivity index is 1.66. The Morgan fingerprint density at radius 3 is 2.59 bits per heavy atom. The summed E-state index contributed by atoms with van der Waals surface area (Å²) in [6.45, 7) is -0.571. The van der Waals surface area contributed by atoms with E-state index in [0.717, 1.165) is 28.6 Å². The summed E-state index contributed by atoms with van der Waals surface area (Å²) in [7, 11) is 0. The monoisotopic (exact) mass is 573 g/mol. The van der Waals surface area contributed by atoms with Crippen LogP contribution >= 0.6 is 39.3 Å². The van der Waals surface area contributed by atoms with Gasteiger partial charge in [0.25, 0.3) is 0 Å². The van der Waals surface area contributed by atoms with Crippen molar-refractivity contribution in [3.8, 4) is 17.3 Å². The van der Waals surface area contributed by atoms with Crippen LogP contribution in [0.1, 0.15) is 11.7 Å². The van der Waals surface area contributed by atoms with Crippen LogP contribution in [-0.4, -0.2) is 65.7 Å². The van der Waals surface area contributed by atoms with Crippen LogP contribution < -0.4 is 0 Å². The van der Waals surface area contributed by atoms with Crippen molar-refractivity contribution in [3.63, 3.8) is 0 Å². The van der Waals surface area contributed by atoms with E-state index in [-0.39, 0.29) is 17.0 Å². The predicted molar refractivity (Wildman–Crippen MR) is 120 cm³/mol. The molecule has 0 amide bonds. The number of hydrogen-bond acceptors (Lipinski definition) is 9. The van der Waals surface area contributed by atoms with E-state index in [9.17, 15) is 29.4 Å². The maximum absolute atomic E-state index is 13.9. The molecular weight excluding hydrogens is 560 g/mol. The molecule has 34 heavy (non-hydrogen) atoms. The Morgan fingerprint density at radius 2 is 1.94 bits per heavy atom. The molecule has 3 aromatic rings. The van der Waals surface area contributed by atoms with Crippen LogP contribution in [0, 0.1) is 23.0 Å². The number of aliphatic hydroxyl groups excluding tert-OH is 3. The Hall–Kier alpha value is -2.18. The fourth-order valence-corrected chi connectivity index (χ4v) is 5.20. The van der Waals surface area contributed by atoms with Gasteiger partial charge in [-0.15, -0.1) is 5.10 Å². The quantitative estimate of drug-likeness (QED) is 0.393. The Bertz CT molecular complexity index is 1240. The van der Waals surface area contributed by atoms with Crippen molar-refractivity contribution in [2.75, 3.05) is 6.61 Å². The number of aromatic nitrogens is 4. The third kappa shape index (κ3) is 4.80. The Labute approximate surface area is 209 Å². The smallest absolute Gasteiger partial charge is 0.154 e. The largest absolute Gasteiger partial charge is 0.394 e. The minimum Gasteiger partial charge on any atom is -0.394 e. The average Bonchev–Trinajstić information content (AvgIpc) is 3.29. The predicted octanol–water partition coefficient (Wildman–Crippen LogP) is 2.68. The van der Waals surface area contributed by atoms with Crippen molar-refractivity contribution < 1.29 is 28.8 Å². The third-order valence-electron chi connectivity index (χ3n) is 5.11. The number of nitrogens with zero attached hydrogens (tertiary/aromatic N) is 5. The van der Waals surface area contributed by atoms with Crippen LogP contribution in [-0.2, 0) is 4.74 Å². The number of benzene rings is 1.